The molecule has 0 spiro atoms. The summed E-state index contributed by atoms with van der Waals surface area (Å²) in [7, 11) is 0. The SMILES string of the molecule is CC[NH+](CC(=O)Nc1cccc(Cl)c1)CC(=O)Nc1ccc2c(c1)OCCO2. The first-order valence-electron chi connectivity index (χ1n) is 9.12. The van der Waals surface area contributed by atoms with Gasteiger partial charge in [-0.15, -0.1) is 0 Å². The summed E-state index contributed by atoms with van der Waals surface area (Å²) in [4.78, 5) is 25.5. The third-order valence-electron chi connectivity index (χ3n) is 4.26. The van der Waals surface area contributed by atoms with Crippen LogP contribution in [0.4, 0.5) is 11.4 Å². The molecule has 28 heavy (non-hydrogen) atoms. The highest BCUT2D eigenvalue weighted by atomic mass is 35.5. The predicted molar refractivity (Wildman–Crippen MR) is 107 cm³/mol. The molecule has 7 nitrogen and oxygen atoms in total. The van der Waals surface area contributed by atoms with Gasteiger partial charge in [0.05, 0.1) is 6.54 Å². The van der Waals surface area contributed by atoms with Crippen molar-refractivity contribution in [3.63, 3.8) is 0 Å². The molecule has 1 atom stereocenters. The van der Waals surface area contributed by atoms with Gasteiger partial charge in [0.25, 0.3) is 11.8 Å². The van der Waals surface area contributed by atoms with E-state index < -0.39 is 0 Å². The van der Waals surface area contributed by atoms with Crippen molar-refractivity contribution >= 4 is 34.8 Å². The Bertz CT molecular complexity index is 859. The van der Waals surface area contributed by atoms with Gasteiger partial charge in [0, 0.05) is 22.5 Å². The van der Waals surface area contributed by atoms with Crippen LogP contribution >= 0.6 is 11.6 Å². The van der Waals surface area contributed by atoms with Crippen LogP contribution in [0.1, 0.15) is 6.92 Å². The van der Waals surface area contributed by atoms with E-state index >= 15 is 0 Å². The van der Waals surface area contributed by atoms with Crippen LogP contribution in [0.25, 0.3) is 0 Å². The Morgan fingerprint density at radius 2 is 1.61 bits per heavy atom. The maximum atomic E-state index is 12.4. The molecule has 148 valence electrons. The highest BCUT2D eigenvalue weighted by Gasteiger charge is 2.18. The van der Waals surface area contributed by atoms with Gasteiger partial charge in [-0.2, -0.15) is 0 Å². The minimum atomic E-state index is -0.177. The molecule has 0 fully saturated rings. The number of carbonyl (C=O) groups is 2. The first kappa shape index (κ1) is 20.0. The lowest BCUT2D eigenvalue weighted by molar-refractivity contribution is -0.881. The number of anilines is 2. The van der Waals surface area contributed by atoms with E-state index in [-0.39, 0.29) is 24.9 Å². The summed E-state index contributed by atoms with van der Waals surface area (Å²) in [5.74, 6) is 0.933. The summed E-state index contributed by atoms with van der Waals surface area (Å²) >= 11 is 5.93. The van der Waals surface area contributed by atoms with Crippen LogP contribution in [0.2, 0.25) is 5.02 Å². The number of rotatable bonds is 7. The monoisotopic (exact) mass is 404 g/mol. The molecule has 0 saturated carbocycles. The molecule has 1 aliphatic heterocycles. The van der Waals surface area contributed by atoms with Crippen LogP contribution in [0, 0.1) is 0 Å². The lowest BCUT2D eigenvalue weighted by Gasteiger charge is -2.20. The predicted octanol–water partition coefficient (Wildman–Crippen LogP) is 1.59. The van der Waals surface area contributed by atoms with Gasteiger partial charge in [0.1, 0.15) is 13.2 Å². The molecule has 0 radical (unpaired) electrons. The van der Waals surface area contributed by atoms with Crippen molar-refractivity contribution in [2.75, 3.05) is 43.5 Å². The molecule has 3 rings (SSSR count). The Labute approximate surface area is 168 Å². The highest BCUT2D eigenvalue weighted by molar-refractivity contribution is 6.30. The van der Waals surface area contributed by atoms with Crippen LogP contribution in [0.15, 0.2) is 42.5 Å². The summed E-state index contributed by atoms with van der Waals surface area (Å²) < 4.78 is 11.0. The Morgan fingerprint density at radius 3 is 2.25 bits per heavy atom. The number of carbonyl (C=O) groups excluding carboxylic acids is 2. The molecule has 2 amide bonds. The molecule has 0 aliphatic carbocycles. The van der Waals surface area contributed by atoms with E-state index in [9.17, 15) is 9.59 Å². The Balaban J connectivity index is 1.52. The number of ether oxygens (including phenoxy) is 2. The van der Waals surface area contributed by atoms with Crippen molar-refractivity contribution < 1.29 is 24.0 Å². The Kier molecular flexibility index (Phi) is 6.73. The molecule has 2 aromatic rings. The average Bonchev–Trinajstić information content (AvgIpc) is 2.67. The van der Waals surface area contributed by atoms with Gasteiger partial charge in [-0.1, -0.05) is 17.7 Å². The third-order valence-corrected chi connectivity index (χ3v) is 4.49. The smallest absolute Gasteiger partial charge is 0.279 e. The maximum absolute atomic E-state index is 12.4. The van der Waals surface area contributed by atoms with Gasteiger partial charge in [0.2, 0.25) is 0 Å². The molecule has 8 heteroatoms. The molecule has 1 heterocycles. The minimum Gasteiger partial charge on any atom is -0.486 e. The van der Waals surface area contributed by atoms with Crippen molar-refractivity contribution in [2.24, 2.45) is 0 Å². The van der Waals surface area contributed by atoms with Crippen molar-refractivity contribution in [2.45, 2.75) is 6.92 Å². The van der Waals surface area contributed by atoms with E-state index in [0.29, 0.717) is 47.7 Å². The quantitative estimate of drug-likeness (QED) is 0.654. The van der Waals surface area contributed by atoms with E-state index in [0.717, 1.165) is 4.90 Å². The van der Waals surface area contributed by atoms with Crippen LogP contribution < -0.4 is 25.0 Å². The number of nitrogens with one attached hydrogen (secondary N) is 3. The zero-order valence-corrected chi connectivity index (χ0v) is 16.3. The van der Waals surface area contributed by atoms with Gasteiger partial charge >= 0.3 is 0 Å². The second kappa shape index (κ2) is 9.43. The third kappa shape index (κ3) is 5.61. The van der Waals surface area contributed by atoms with Gasteiger partial charge in [-0.3, -0.25) is 9.59 Å². The van der Waals surface area contributed by atoms with Crippen LogP contribution in [0.5, 0.6) is 11.5 Å². The lowest BCUT2D eigenvalue weighted by Crippen LogP contribution is -3.13. The van der Waals surface area contributed by atoms with E-state index in [2.05, 4.69) is 10.6 Å². The van der Waals surface area contributed by atoms with Crippen molar-refractivity contribution in [1.82, 2.24) is 0 Å². The topological polar surface area (TPSA) is 81.1 Å². The summed E-state index contributed by atoms with van der Waals surface area (Å²) in [5.41, 5.74) is 1.27. The number of fused-ring (bicyclic) bond motifs is 1. The molecular formula is C20H23ClN3O4+. The van der Waals surface area contributed by atoms with Gasteiger partial charge < -0.3 is 25.0 Å². The summed E-state index contributed by atoms with van der Waals surface area (Å²) in [6, 6.07) is 12.2. The van der Waals surface area contributed by atoms with Gasteiger partial charge in [-0.25, -0.2) is 0 Å². The number of hydrogen-bond acceptors (Lipinski definition) is 4. The second-order valence-electron chi connectivity index (χ2n) is 6.42. The number of hydrogen-bond donors (Lipinski definition) is 3. The first-order valence-corrected chi connectivity index (χ1v) is 9.50. The van der Waals surface area contributed by atoms with E-state index in [1.54, 1.807) is 42.5 Å². The normalized spacial score (nSPS) is 13.5. The van der Waals surface area contributed by atoms with E-state index in [1.807, 2.05) is 6.92 Å². The standard InChI is InChI=1S/C20H22ClN3O4/c1-2-24(12-19(25)22-15-5-3-4-14(21)10-15)13-20(26)23-16-6-7-17-18(11-16)28-9-8-27-17/h3-7,10-11H,2,8-9,12-13H2,1H3,(H,22,25)(H,23,26)/p+1. The molecule has 1 unspecified atom stereocenters. The van der Waals surface area contributed by atoms with Gasteiger partial charge in [0.15, 0.2) is 24.6 Å². The van der Waals surface area contributed by atoms with Crippen molar-refractivity contribution in [3.05, 3.63) is 47.5 Å². The van der Waals surface area contributed by atoms with Crippen LogP contribution in [-0.2, 0) is 9.59 Å². The number of halogens is 1. The summed E-state index contributed by atoms with van der Waals surface area (Å²) in [5, 5.41) is 6.19. The van der Waals surface area contributed by atoms with Crippen molar-refractivity contribution in [1.29, 1.82) is 0 Å². The molecule has 1 aliphatic rings. The van der Waals surface area contributed by atoms with Crippen LogP contribution in [0.3, 0.4) is 0 Å². The number of benzene rings is 2. The summed E-state index contributed by atoms with van der Waals surface area (Å²) in [6.45, 7) is 3.92. The van der Waals surface area contributed by atoms with E-state index in [1.165, 1.54) is 0 Å². The Morgan fingerprint density at radius 1 is 0.964 bits per heavy atom. The lowest BCUT2D eigenvalue weighted by atomic mass is 10.2. The highest BCUT2D eigenvalue weighted by Crippen LogP contribution is 2.32. The second-order valence-corrected chi connectivity index (χ2v) is 6.86. The molecule has 0 bridgehead atoms. The summed E-state index contributed by atoms with van der Waals surface area (Å²) in [6.07, 6.45) is 0. The van der Waals surface area contributed by atoms with Gasteiger partial charge in [-0.05, 0) is 37.3 Å². The van der Waals surface area contributed by atoms with Crippen LogP contribution in [-0.4, -0.2) is 44.7 Å². The first-order chi connectivity index (χ1) is 13.5. The molecule has 3 N–H and O–H groups in total. The number of likely N-dealkylation sites (N-methyl/N-ethyl adjacent to an activating group) is 1. The molecule has 2 aromatic carbocycles. The fourth-order valence-electron chi connectivity index (χ4n) is 2.86. The largest absolute Gasteiger partial charge is 0.486 e. The average molecular weight is 405 g/mol. The Hall–Kier alpha value is -2.77. The maximum Gasteiger partial charge on any atom is 0.279 e. The zero-order chi connectivity index (χ0) is 19.9. The molecule has 0 saturated heterocycles. The fraction of sp³-hybridized carbons (Fsp3) is 0.300. The number of amides is 2. The minimum absolute atomic E-state index is 0.175. The fourth-order valence-corrected chi connectivity index (χ4v) is 3.05. The molecule has 0 aromatic heterocycles. The van der Waals surface area contributed by atoms with Crippen molar-refractivity contribution in [3.8, 4) is 11.5 Å². The van der Waals surface area contributed by atoms with E-state index in [4.69, 9.17) is 21.1 Å². The number of quaternary nitrogens is 1. The zero-order valence-electron chi connectivity index (χ0n) is 15.6. The molecular weight excluding hydrogens is 382 g/mol.